The van der Waals surface area contributed by atoms with Crippen molar-refractivity contribution in [2.24, 2.45) is 0 Å². The summed E-state index contributed by atoms with van der Waals surface area (Å²) in [6, 6.07) is 16.7. The summed E-state index contributed by atoms with van der Waals surface area (Å²) >= 11 is 6.35. The van der Waals surface area contributed by atoms with Crippen molar-refractivity contribution < 1.29 is 13.6 Å². The standard InChI is InChI=1S/C31H29ClF2N6O/c1-38(2)23-12-13-39(18-23)30(41)19-5-3-6-22(15-19)36-31-35-17-20-11-14-40(29-25(33)7-4-8-26(29)34)27-16-21(32)9-10-24(27)28(20)37-31/h3-10,15-17,23H,11-14,18H2,1-2H3,(H,35,36,37). The number of nitrogens with one attached hydrogen (secondary N) is 1. The molecule has 1 amide bonds. The summed E-state index contributed by atoms with van der Waals surface area (Å²) in [5.41, 5.74) is 3.86. The second kappa shape index (κ2) is 11.1. The quantitative estimate of drug-likeness (QED) is 0.302. The molecule has 210 valence electrons. The maximum atomic E-state index is 14.9. The third-order valence-corrected chi connectivity index (χ3v) is 7.96. The van der Waals surface area contributed by atoms with Gasteiger partial charge in [0.15, 0.2) is 0 Å². The minimum atomic E-state index is -0.657. The van der Waals surface area contributed by atoms with E-state index >= 15 is 0 Å². The molecule has 41 heavy (non-hydrogen) atoms. The molecule has 4 aromatic rings. The fraction of sp³-hybridized carbons (Fsp3) is 0.258. The third-order valence-electron chi connectivity index (χ3n) is 7.73. The largest absolute Gasteiger partial charge is 0.337 e. The number of aromatic nitrogens is 2. The number of hydrogen-bond donors (Lipinski definition) is 1. The van der Waals surface area contributed by atoms with Gasteiger partial charge in [0.2, 0.25) is 5.95 Å². The van der Waals surface area contributed by atoms with E-state index in [1.807, 2.05) is 37.2 Å². The van der Waals surface area contributed by atoms with Crippen LogP contribution in [0.3, 0.4) is 0 Å². The van der Waals surface area contributed by atoms with Gasteiger partial charge in [0.05, 0.1) is 11.4 Å². The molecular weight excluding hydrogens is 546 g/mol. The molecular formula is C31H29ClF2N6O. The Morgan fingerprint density at radius 3 is 2.59 bits per heavy atom. The highest BCUT2D eigenvalue weighted by Crippen LogP contribution is 2.42. The molecule has 3 aromatic carbocycles. The Labute approximate surface area is 242 Å². The number of carbonyl (C=O) groups is 1. The molecule has 1 fully saturated rings. The summed E-state index contributed by atoms with van der Waals surface area (Å²) in [7, 11) is 4.07. The van der Waals surface area contributed by atoms with Crippen molar-refractivity contribution in [1.82, 2.24) is 19.8 Å². The summed E-state index contributed by atoms with van der Waals surface area (Å²) in [6.07, 6.45) is 3.14. The fourth-order valence-electron chi connectivity index (χ4n) is 5.53. The first-order chi connectivity index (χ1) is 19.8. The molecule has 1 N–H and O–H groups in total. The molecule has 0 spiro atoms. The number of likely N-dealkylation sites (N-methyl/N-ethyl adjacent to an activating group) is 1. The minimum Gasteiger partial charge on any atom is -0.337 e. The van der Waals surface area contributed by atoms with E-state index in [1.165, 1.54) is 18.2 Å². The second-order valence-electron chi connectivity index (χ2n) is 10.6. The number of nitrogens with zero attached hydrogens (tertiary/aromatic N) is 5. The molecule has 7 nitrogen and oxygen atoms in total. The maximum Gasteiger partial charge on any atom is 0.253 e. The molecule has 1 saturated heterocycles. The summed E-state index contributed by atoms with van der Waals surface area (Å²) in [4.78, 5) is 28.2. The average Bonchev–Trinajstić information content (AvgIpc) is 3.40. The van der Waals surface area contributed by atoms with Crippen LogP contribution in [0.5, 0.6) is 0 Å². The zero-order valence-electron chi connectivity index (χ0n) is 22.7. The summed E-state index contributed by atoms with van der Waals surface area (Å²) < 4.78 is 29.7. The Bertz CT molecular complexity index is 1610. The van der Waals surface area contributed by atoms with Crippen LogP contribution in [0.2, 0.25) is 5.02 Å². The van der Waals surface area contributed by atoms with E-state index in [0.717, 1.165) is 18.5 Å². The van der Waals surface area contributed by atoms with E-state index < -0.39 is 11.6 Å². The molecule has 0 radical (unpaired) electrons. The highest BCUT2D eigenvalue weighted by atomic mass is 35.5. The van der Waals surface area contributed by atoms with Gasteiger partial charge in [0.1, 0.15) is 17.3 Å². The number of carbonyl (C=O) groups excluding carboxylic acids is 1. The van der Waals surface area contributed by atoms with E-state index in [2.05, 4.69) is 15.2 Å². The van der Waals surface area contributed by atoms with Gasteiger partial charge in [0, 0.05) is 53.7 Å². The van der Waals surface area contributed by atoms with Crippen molar-refractivity contribution in [1.29, 1.82) is 0 Å². The van der Waals surface area contributed by atoms with Crippen LogP contribution in [0.15, 0.2) is 66.9 Å². The van der Waals surface area contributed by atoms with E-state index in [-0.39, 0.29) is 11.6 Å². The van der Waals surface area contributed by atoms with Gasteiger partial charge in [-0.2, -0.15) is 0 Å². The van der Waals surface area contributed by atoms with E-state index in [9.17, 15) is 13.6 Å². The molecule has 6 rings (SSSR count). The van der Waals surface area contributed by atoms with Crippen LogP contribution in [-0.2, 0) is 6.42 Å². The molecule has 2 aliphatic rings. The molecule has 1 atom stereocenters. The summed E-state index contributed by atoms with van der Waals surface area (Å²) in [6.45, 7) is 1.74. The lowest BCUT2D eigenvalue weighted by atomic mass is 10.0. The number of anilines is 4. The lowest BCUT2D eigenvalue weighted by Gasteiger charge is -2.26. The molecule has 0 bridgehead atoms. The van der Waals surface area contributed by atoms with Crippen molar-refractivity contribution >= 4 is 40.5 Å². The van der Waals surface area contributed by atoms with Crippen LogP contribution >= 0.6 is 11.6 Å². The second-order valence-corrected chi connectivity index (χ2v) is 11.0. The SMILES string of the molecule is CN(C)C1CCN(C(=O)c2cccc(Nc3ncc4c(n3)-c3ccc(Cl)cc3N(c3c(F)cccc3F)CC4)c2)C1. The van der Waals surface area contributed by atoms with Crippen LogP contribution < -0.4 is 10.2 Å². The van der Waals surface area contributed by atoms with Crippen LogP contribution in [0.4, 0.5) is 31.8 Å². The maximum absolute atomic E-state index is 14.9. The first-order valence-electron chi connectivity index (χ1n) is 13.5. The number of hydrogen-bond acceptors (Lipinski definition) is 6. The Balaban J connectivity index is 1.31. The summed E-state index contributed by atoms with van der Waals surface area (Å²) in [5, 5.41) is 3.67. The van der Waals surface area contributed by atoms with Gasteiger partial charge < -0.3 is 20.0 Å². The number of likely N-dealkylation sites (tertiary alicyclic amines) is 1. The predicted molar refractivity (Wildman–Crippen MR) is 157 cm³/mol. The molecule has 10 heteroatoms. The topological polar surface area (TPSA) is 64.6 Å². The number of amides is 1. The van der Waals surface area contributed by atoms with E-state index in [1.54, 1.807) is 35.4 Å². The minimum absolute atomic E-state index is 0.00730. The molecule has 1 unspecified atom stereocenters. The van der Waals surface area contributed by atoms with E-state index in [0.29, 0.717) is 64.7 Å². The molecule has 3 heterocycles. The van der Waals surface area contributed by atoms with Crippen molar-refractivity contribution in [3.8, 4) is 11.3 Å². The molecule has 0 aliphatic carbocycles. The lowest BCUT2D eigenvalue weighted by Crippen LogP contribution is -2.34. The van der Waals surface area contributed by atoms with Crippen LogP contribution in [0, 0.1) is 11.6 Å². The Hall–Kier alpha value is -4.08. The van der Waals surface area contributed by atoms with Crippen LogP contribution in [-0.4, -0.2) is 65.4 Å². The van der Waals surface area contributed by atoms with Crippen molar-refractivity contribution in [3.63, 3.8) is 0 Å². The number of halogens is 3. The zero-order chi connectivity index (χ0) is 28.7. The highest BCUT2D eigenvalue weighted by molar-refractivity contribution is 6.31. The van der Waals surface area contributed by atoms with Gasteiger partial charge in [-0.05, 0) is 81.0 Å². The molecule has 0 saturated carbocycles. The Kier molecular flexibility index (Phi) is 7.32. The van der Waals surface area contributed by atoms with Gasteiger partial charge in [-0.1, -0.05) is 23.7 Å². The van der Waals surface area contributed by atoms with Crippen molar-refractivity contribution in [3.05, 3.63) is 94.6 Å². The van der Waals surface area contributed by atoms with Gasteiger partial charge in [0.25, 0.3) is 5.91 Å². The number of benzene rings is 3. The summed E-state index contributed by atoms with van der Waals surface area (Å²) in [5.74, 6) is -0.979. The molecule has 2 aliphatic heterocycles. The Morgan fingerprint density at radius 1 is 1.05 bits per heavy atom. The molecule has 1 aromatic heterocycles. The van der Waals surface area contributed by atoms with Crippen LogP contribution in [0.25, 0.3) is 11.3 Å². The zero-order valence-corrected chi connectivity index (χ0v) is 23.5. The third kappa shape index (κ3) is 5.35. The van der Waals surface area contributed by atoms with Gasteiger partial charge >= 0.3 is 0 Å². The van der Waals surface area contributed by atoms with Crippen LogP contribution in [0.1, 0.15) is 22.3 Å². The smallest absolute Gasteiger partial charge is 0.253 e. The number of para-hydroxylation sites is 1. The first kappa shape index (κ1) is 27.1. The van der Waals surface area contributed by atoms with Crippen molar-refractivity contribution in [2.75, 3.05) is 43.9 Å². The fourth-order valence-corrected chi connectivity index (χ4v) is 5.70. The van der Waals surface area contributed by atoms with Gasteiger partial charge in [-0.25, -0.2) is 18.7 Å². The van der Waals surface area contributed by atoms with Crippen molar-refractivity contribution in [2.45, 2.75) is 18.9 Å². The van der Waals surface area contributed by atoms with Gasteiger partial charge in [-0.3, -0.25) is 4.79 Å². The predicted octanol–water partition coefficient (Wildman–Crippen LogP) is 6.29. The Morgan fingerprint density at radius 2 is 1.83 bits per heavy atom. The number of fused-ring (bicyclic) bond motifs is 3. The van der Waals surface area contributed by atoms with Gasteiger partial charge in [-0.15, -0.1) is 0 Å². The van der Waals surface area contributed by atoms with E-state index in [4.69, 9.17) is 16.6 Å². The lowest BCUT2D eigenvalue weighted by molar-refractivity contribution is 0.0783. The normalized spacial score (nSPS) is 16.4. The highest BCUT2D eigenvalue weighted by Gasteiger charge is 2.29. The monoisotopic (exact) mass is 574 g/mol. The average molecular weight is 575 g/mol. The first-order valence-corrected chi connectivity index (χ1v) is 13.9. The number of rotatable bonds is 5.